The van der Waals surface area contributed by atoms with E-state index in [9.17, 15) is 19.5 Å². The molecule has 0 bridgehead atoms. The van der Waals surface area contributed by atoms with Crippen LogP contribution in [0.1, 0.15) is 102 Å². The fourth-order valence-electron chi connectivity index (χ4n) is 5.38. The minimum Gasteiger partial charge on any atom is -0.508 e. The summed E-state index contributed by atoms with van der Waals surface area (Å²) in [5, 5.41) is 15.8. The summed E-state index contributed by atoms with van der Waals surface area (Å²) < 4.78 is 5.51. The first-order valence-electron chi connectivity index (χ1n) is 15.5. The fraction of sp³-hybridized carbons (Fsp3) is 0.514. The lowest BCUT2D eigenvalue weighted by molar-refractivity contribution is -0.143. The number of alkyl carbamates (subject to hydrolysis) is 1. The number of nitrogens with zero attached hydrogens (tertiary/aromatic N) is 1. The van der Waals surface area contributed by atoms with Crippen molar-refractivity contribution >= 4 is 17.9 Å². The van der Waals surface area contributed by atoms with Crippen molar-refractivity contribution in [1.29, 1.82) is 0 Å². The number of amides is 3. The van der Waals surface area contributed by atoms with Crippen LogP contribution in [0, 0.1) is 12.3 Å². The van der Waals surface area contributed by atoms with Crippen LogP contribution in [0.2, 0.25) is 0 Å². The molecule has 1 fully saturated rings. The van der Waals surface area contributed by atoms with Gasteiger partial charge in [0.15, 0.2) is 0 Å². The minimum absolute atomic E-state index is 0.0500. The highest BCUT2D eigenvalue weighted by Crippen LogP contribution is 2.27. The van der Waals surface area contributed by atoms with Crippen LogP contribution in [0.3, 0.4) is 0 Å². The number of terminal acetylenes is 1. The third-order valence-corrected chi connectivity index (χ3v) is 7.56. The van der Waals surface area contributed by atoms with Gasteiger partial charge in [-0.3, -0.25) is 9.59 Å². The van der Waals surface area contributed by atoms with E-state index in [-0.39, 0.29) is 30.0 Å². The molecule has 3 rings (SSSR count). The Morgan fingerprint density at radius 2 is 1.67 bits per heavy atom. The second kappa shape index (κ2) is 16.0. The lowest BCUT2D eigenvalue weighted by Crippen LogP contribution is -2.54. The molecule has 2 aromatic rings. The van der Waals surface area contributed by atoms with E-state index in [0.29, 0.717) is 24.1 Å². The minimum atomic E-state index is -1.02. The average molecular weight is 590 g/mol. The van der Waals surface area contributed by atoms with Crippen LogP contribution in [0.4, 0.5) is 4.79 Å². The number of carbonyl (C=O) groups excluding carboxylic acids is 3. The van der Waals surface area contributed by atoms with Crippen molar-refractivity contribution in [3.05, 3.63) is 65.2 Å². The molecule has 0 heterocycles. The van der Waals surface area contributed by atoms with E-state index in [2.05, 4.69) is 23.5 Å². The quantitative estimate of drug-likeness (QED) is 0.207. The molecule has 3 N–H and O–H groups in total. The van der Waals surface area contributed by atoms with Crippen molar-refractivity contribution in [1.82, 2.24) is 15.5 Å². The van der Waals surface area contributed by atoms with Gasteiger partial charge in [0.25, 0.3) is 0 Å². The maximum absolute atomic E-state index is 14.5. The number of hydrogen-bond acceptors (Lipinski definition) is 5. The van der Waals surface area contributed by atoms with Crippen LogP contribution in [0.15, 0.2) is 48.5 Å². The normalized spacial score (nSPS) is 15.0. The number of carbonyl (C=O) groups is 3. The molecule has 1 aliphatic rings. The summed E-state index contributed by atoms with van der Waals surface area (Å²) in [5.41, 5.74) is 1.30. The van der Waals surface area contributed by atoms with Gasteiger partial charge in [0.2, 0.25) is 11.8 Å². The molecular weight excluding hydrogens is 542 g/mol. The summed E-state index contributed by atoms with van der Waals surface area (Å²) in [6, 6.07) is 11.8. The zero-order chi connectivity index (χ0) is 31.4. The predicted octanol–water partition coefficient (Wildman–Crippen LogP) is 6.02. The van der Waals surface area contributed by atoms with E-state index >= 15 is 0 Å². The van der Waals surface area contributed by atoms with Crippen molar-refractivity contribution in [3.63, 3.8) is 0 Å². The van der Waals surface area contributed by atoms with Gasteiger partial charge in [-0.2, -0.15) is 0 Å². The van der Waals surface area contributed by atoms with E-state index in [1.807, 2.05) is 0 Å². The Kier molecular flexibility index (Phi) is 12.5. The highest BCUT2D eigenvalue weighted by atomic mass is 16.6. The number of nitrogens with one attached hydrogen (secondary N) is 2. The third-order valence-electron chi connectivity index (χ3n) is 7.56. The smallest absolute Gasteiger partial charge is 0.408 e. The van der Waals surface area contributed by atoms with E-state index in [0.717, 1.165) is 50.5 Å². The van der Waals surface area contributed by atoms with Crippen molar-refractivity contribution < 1.29 is 24.2 Å². The molecule has 1 saturated carbocycles. The number of ether oxygens (including phenoxy) is 1. The lowest BCUT2D eigenvalue weighted by atomic mass is 9.94. The number of benzene rings is 2. The summed E-state index contributed by atoms with van der Waals surface area (Å²) >= 11 is 0. The van der Waals surface area contributed by atoms with Gasteiger partial charge in [0.1, 0.15) is 23.4 Å². The molecule has 0 radical (unpaired) electrons. The lowest BCUT2D eigenvalue weighted by Gasteiger charge is -2.36. The van der Waals surface area contributed by atoms with Crippen LogP contribution < -0.4 is 10.6 Å². The molecule has 0 saturated heterocycles. The Hall–Kier alpha value is -3.99. The molecule has 8 heteroatoms. The topological polar surface area (TPSA) is 108 Å². The number of phenols is 1. The second-order valence-corrected chi connectivity index (χ2v) is 12.3. The first-order chi connectivity index (χ1) is 20.5. The predicted molar refractivity (Wildman–Crippen MR) is 168 cm³/mol. The Labute approximate surface area is 256 Å². The summed E-state index contributed by atoms with van der Waals surface area (Å²) in [5.74, 6) is 2.08. The van der Waals surface area contributed by atoms with Crippen LogP contribution >= 0.6 is 0 Å². The molecule has 232 valence electrons. The monoisotopic (exact) mass is 589 g/mol. The van der Waals surface area contributed by atoms with Crippen molar-refractivity contribution in [2.75, 3.05) is 6.54 Å². The maximum Gasteiger partial charge on any atom is 0.408 e. The van der Waals surface area contributed by atoms with Crippen LogP contribution in [-0.2, 0) is 20.7 Å². The van der Waals surface area contributed by atoms with Gasteiger partial charge in [0, 0.05) is 24.6 Å². The summed E-state index contributed by atoms with van der Waals surface area (Å²) in [7, 11) is 0. The van der Waals surface area contributed by atoms with Gasteiger partial charge >= 0.3 is 6.09 Å². The third kappa shape index (κ3) is 10.7. The molecule has 8 nitrogen and oxygen atoms in total. The highest BCUT2D eigenvalue weighted by molar-refractivity contribution is 5.92. The molecule has 3 amide bonds. The van der Waals surface area contributed by atoms with Crippen molar-refractivity contribution in [2.45, 2.75) is 109 Å². The van der Waals surface area contributed by atoms with Crippen LogP contribution in [0.5, 0.6) is 5.75 Å². The zero-order valence-corrected chi connectivity index (χ0v) is 26.0. The number of unbranched alkanes of at least 4 members (excludes halogenated alkanes) is 2. The zero-order valence-electron chi connectivity index (χ0n) is 26.0. The molecule has 2 unspecified atom stereocenters. The molecule has 0 aliphatic heterocycles. The summed E-state index contributed by atoms with van der Waals surface area (Å²) in [6.45, 7) is 7.67. The van der Waals surface area contributed by atoms with Gasteiger partial charge in [-0.1, -0.05) is 69.2 Å². The number of hydrogen-bond donors (Lipinski definition) is 3. The molecular formula is C35H47N3O5. The molecule has 1 aliphatic carbocycles. The number of aromatic hydroxyl groups is 1. The highest BCUT2D eigenvalue weighted by Gasteiger charge is 2.37. The van der Waals surface area contributed by atoms with E-state index < -0.39 is 23.8 Å². The second-order valence-electron chi connectivity index (χ2n) is 12.3. The first-order valence-corrected chi connectivity index (χ1v) is 15.5. The molecule has 0 aromatic heterocycles. The van der Waals surface area contributed by atoms with E-state index in [1.165, 1.54) is 12.1 Å². The van der Waals surface area contributed by atoms with E-state index in [4.69, 9.17) is 11.2 Å². The van der Waals surface area contributed by atoms with E-state index in [1.54, 1.807) is 62.1 Å². The SMILES string of the molecule is C#Cc1ccc(C(C(=O)NC2CCCCC2)N(CCCCC)C(=O)C(Cc2ccc(O)cc2)NC(=O)OC(C)(C)C)cc1. The van der Waals surface area contributed by atoms with Crippen LogP contribution in [-0.4, -0.2) is 52.1 Å². The summed E-state index contributed by atoms with van der Waals surface area (Å²) in [6.07, 6.45) is 12.6. The Morgan fingerprint density at radius 1 is 1.02 bits per heavy atom. The Balaban J connectivity index is 2.03. The standard InChI is InChI=1S/C35H47N3O5/c1-6-8-12-23-38(31(27-19-15-25(7-2)16-20-27)32(40)36-28-13-10-9-11-14-28)33(41)30(37-34(42)43-35(3,4)5)24-26-17-21-29(39)22-18-26/h2,15-22,28,30-31,39H,6,8-14,23-24H2,1,3-5H3,(H,36,40)(H,37,42). The Bertz CT molecular complexity index is 1240. The molecule has 43 heavy (non-hydrogen) atoms. The maximum atomic E-state index is 14.5. The van der Waals surface area contributed by atoms with Crippen molar-refractivity contribution in [3.8, 4) is 18.1 Å². The molecule has 0 spiro atoms. The van der Waals surface area contributed by atoms with Gasteiger partial charge in [-0.05, 0) is 75.4 Å². The number of phenolic OH excluding ortho intramolecular Hbond substituents is 1. The van der Waals surface area contributed by atoms with Gasteiger partial charge < -0.3 is 25.4 Å². The van der Waals surface area contributed by atoms with Gasteiger partial charge in [-0.15, -0.1) is 6.42 Å². The summed E-state index contributed by atoms with van der Waals surface area (Å²) in [4.78, 5) is 43.2. The van der Waals surface area contributed by atoms with Crippen LogP contribution in [0.25, 0.3) is 0 Å². The molecule has 2 aromatic carbocycles. The fourth-order valence-corrected chi connectivity index (χ4v) is 5.38. The average Bonchev–Trinajstić information content (AvgIpc) is 2.97. The molecule has 2 atom stereocenters. The largest absolute Gasteiger partial charge is 0.508 e. The van der Waals surface area contributed by atoms with Gasteiger partial charge in [-0.25, -0.2) is 4.79 Å². The van der Waals surface area contributed by atoms with Gasteiger partial charge in [0.05, 0.1) is 0 Å². The number of rotatable bonds is 12. The van der Waals surface area contributed by atoms with Crippen molar-refractivity contribution in [2.24, 2.45) is 0 Å². The Morgan fingerprint density at radius 3 is 2.26 bits per heavy atom. The first kappa shape index (κ1) is 33.5.